The van der Waals surface area contributed by atoms with E-state index in [1.807, 2.05) is 49.9 Å². The van der Waals surface area contributed by atoms with Gasteiger partial charge in [-0.25, -0.2) is 0 Å². The lowest BCUT2D eigenvalue weighted by Gasteiger charge is -2.21. The van der Waals surface area contributed by atoms with Crippen LogP contribution in [-0.2, 0) is 26.2 Å². The smallest absolute Gasteiger partial charge is 0.0544 e. The van der Waals surface area contributed by atoms with Crippen LogP contribution in [0.4, 0.5) is 0 Å². The number of nitrogens with one attached hydrogen (secondary N) is 1. The third kappa shape index (κ3) is 5.45. The Morgan fingerprint density at radius 3 is 1.80 bits per heavy atom. The summed E-state index contributed by atoms with van der Waals surface area (Å²) in [7, 11) is 1.94. The highest BCUT2D eigenvalue weighted by Gasteiger charge is 2.10. The van der Waals surface area contributed by atoms with Gasteiger partial charge in [-0.05, 0) is 42.9 Å². The van der Waals surface area contributed by atoms with Crippen LogP contribution in [-0.4, -0.2) is 26.9 Å². The van der Waals surface area contributed by atoms with E-state index in [9.17, 15) is 0 Å². The van der Waals surface area contributed by atoms with Gasteiger partial charge >= 0.3 is 0 Å². The molecule has 0 aromatic carbocycles. The zero-order chi connectivity index (χ0) is 17.3. The van der Waals surface area contributed by atoms with Gasteiger partial charge in [0.2, 0.25) is 0 Å². The molecule has 3 aromatic rings. The van der Waals surface area contributed by atoms with E-state index in [0.717, 1.165) is 43.3 Å². The minimum Gasteiger partial charge on any atom is -0.316 e. The van der Waals surface area contributed by atoms with Crippen molar-refractivity contribution in [2.45, 2.75) is 26.2 Å². The van der Waals surface area contributed by atoms with Crippen molar-refractivity contribution in [2.75, 3.05) is 7.05 Å². The van der Waals surface area contributed by atoms with Crippen LogP contribution in [0.1, 0.15) is 22.6 Å². The van der Waals surface area contributed by atoms with E-state index in [2.05, 4.69) is 49.4 Å². The molecular formula is C20H23N5. The van der Waals surface area contributed by atoms with Crippen LogP contribution in [0, 0.1) is 0 Å². The van der Waals surface area contributed by atoms with Crippen molar-refractivity contribution < 1.29 is 0 Å². The Labute approximate surface area is 148 Å². The number of hydrogen-bond donors (Lipinski definition) is 1. The summed E-state index contributed by atoms with van der Waals surface area (Å²) in [4.78, 5) is 15.8. The summed E-state index contributed by atoms with van der Waals surface area (Å²) >= 11 is 0. The van der Waals surface area contributed by atoms with E-state index in [0.29, 0.717) is 0 Å². The molecule has 0 spiro atoms. The van der Waals surface area contributed by atoms with E-state index in [1.165, 1.54) is 5.56 Å². The minimum atomic E-state index is 0.757. The molecule has 0 atom stereocenters. The van der Waals surface area contributed by atoms with Gasteiger partial charge in [-0.3, -0.25) is 19.9 Å². The first-order valence-electron chi connectivity index (χ1n) is 8.44. The lowest BCUT2D eigenvalue weighted by molar-refractivity contribution is 0.239. The fourth-order valence-corrected chi connectivity index (χ4v) is 2.70. The lowest BCUT2D eigenvalue weighted by Crippen LogP contribution is -2.24. The van der Waals surface area contributed by atoms with Gasteiger partial charge in [-0.15, -0.1) is 0 Å². The Hall–Kier alpha value is -2.63. The van der Waals surface area contributed by atoms with Crippen LogP contribution < -0.4 is 5.32 Å². The molecule has 3 aromatic heterocycles. The lowest BCUT2D eigenvalue weighted by atomic mass is 10.2. The highest BCUT2D eigenvalue weighted by molar-refractivity contribution is 5.14. The molecule has 5 heteroatoms. The average molecular weight is 333 g/mol. The van der Waals surface area contributed by atoms with Crippen molar-refractivity contribution in [2.24, 2.45) is 0 Å². The van der Waals surface area contributed by atoms with Crippen LogP contribution in [0.2, 0.25) is 0 Å². The highest BCUT2D eigenvalue weighted by Crippen LogP contribution is 2.11. The quantitative estimate of drug-likeness (QED) is 0.687. The second-order valence-corrected chi connectivity index (χ2v) is 5.98. The normalized spacial score (nSPS) is 11.0. The number of pyridine rings is 3. The van der Waals surface area contributed by atoms with Crippen LogP contribution in [0.25, 0.3) is 0 Å². The molecule has 1 N–H and O–H groups in total. The zero-order valence-electron chi connectivity index (χ0n) is 14.5. The van der Waals surface area contributed by atoms with Crippen molar-refractivity contribution >= 4 is 0 Å². The SMILES string of the molecule is CNCc1ccc(CN(Cc2ccccn2)Cc2ccccn2)nc1. The summed E-state index contributed by atoms with van der Waals surface area (Å²) in [6.07, 6.45) is 5.60. The number of hydrogen-bond acceptors (Lipinski definition) is 5. The summed E-state index contributed by atoms with van der Waals surface area (Å²) in [5.41, 5.74) is 4.33. The molecule has 3 rings (SSSR count). The Morgan fingerprint density at radius 2 is 1.36 bits per heavy atom. The average Bonchev–Trinajstić information content (AvgIpc) is 2.65. The second kappa shape index (κ2) is 9.01. The molecule has 0 bridgehead atoms. The van der Waals surface area contributed by atoms with Gasteiger partial charge in [0, 0.05) is 44.8 Å². The van der Waals surface area contributed by atoms with Gasteiger partial charge in [-0.2, -0.15) is 0 Å². The maximum Gasteiger partial charge on any atom is 0.0544 e. The summed E-state index contributed by atoms with van der Waals surface area (Å²) in [5, 5.41) is 3.14. The summed E-state index contributed by atoms with van der Waals surface area (Å²) in [5.74, 6) is 0. The molecule has 0 saturated carbocycles. The van der Waals surface area contributed by atoms with Crippen LogP contribution in [0.3, 0.4) is 0 Å². The Morgan fingerprint density at radius 1 is 0.760 bits per heavy atom. The monoisotopic (exact) mass is 333 g/mol. The maximum absolute atomic E-state index is 4.60. The van der Waals surface area contributed by atoms with Crippen molar-refractivity contribution in [3.05, 3.63) is 89.8 Å². The predicted molar refractivity (Wildman–Crippen MR) is 98.4 cm³/mol. The van der Waals surface area contributed by atoms with Crippen LogP contribution in [0.5, 0.6) is 0 Å². The minimum absolute atomic E-state index is 0.757. The van der Waals surface area contributed by atoms with Gasteiger partial charge in [-0.1, -0.05) is 18.2 Å². The first kappa shape index (κ1) is 17.2. The second-order valence-electron chi connectivity index (χ2n) is 5.98. The third-order valence-electron chi connectivity index (χ3n) is 3.88. The van der Waals surface area contributed by atoms with Gasteiger partial charge in [0.25, 0.3) is 0 Å². The third-order valence-corrected chi connectivity index (χ3v) is 3.88. The summed E-state index contributed by atoms with van der Waals surface area (Å²) in [6, 6.07) is 16.2. The van der Waals surface area contributed by atoms with Gasteiger partial charge < -0.3 is 5.32 Å². The van der Waals surface area contributed by atoms with Gasteiger partial charge in [0.05, 0.1) is 17.1 Å². The zero-order valence-corrected chi connectivity index (χ0v) is 14.5. The van der Waals surface area contributed by atoms with Crippen LogP contribution >= 0.6 is 0 Å². The molecule has 0 saturated heterocycles. The Kier molecular flexibility index (Phi) is 6.20. The fraction of sp³-hybridized carbons (Fsp3) is 0.250. The number of aromatic nitrogens is 3. The molecule has 0 aliphatic carbocycles. The summed E-state index contributed by atoms with van der Waals surface area (Å²) in [6.45, 7) is 3.11. The molecule has 25 heavy (non-hydrogen) atoms. The van der Waals surface area contributed by atoms with Crippen molar-refractivity contribution in [3.63, 3.8) is 0 Å². The highest BCUT2D eigenvalue weighted by atomic mass is 15.1. The van der Waals surface area contributed by atoms with E-state index in [4.69, 9.17) is 0 Å². The predicted octanol–water partition coefficient (Wildman–Crippen LogP) is 2.79. The summed E-state index contributed by atoms with van der Waals surface area (Å²) < 4.78 is 0. The fourth-order valence-electron chi connectivity index (χ4n) is 2.70. The van der Waals surface area contributed by atoms with Gasteiger partial charge in [0.15, 0.2) is 0 Å². The Balaban J connectivity index is 1.73. The van der Waals surface area contributed by atoms with E-state index >= 15 is 0 Å². The van der Waals surface area contributed by atoms with Gasteiger partial charge in [0.1, 0.15) is 0 Å². The molecule has 0 aliphatic heterocycles. The first-order valence-corrected chi connectivity index (χ1v) is 8.44. The van der Waals surface area contributed by atoms with E-state index in [1.54, 1.807) is 0 Å². The topological polar surface area (TPSA) is 53.9 Å². The maximum atomic E-state index is 4.60. The standard InChI is InChI=1S/C20H23N5/c1-21-12-17-8-9-20(24-13-17)16-25(14-18-6-2-4-10-22-18)15-19-7-3-5-11-23-19/h2-11,13,21H,12,14-16H2,1H3. The molecular weight excluding hydrogens is 310 g/mol. The molecule has 3 heterocycles. The molecule has 128 valence electrons. The molecule has 0 unspecified atom stereocenters. The molecule has 0 radical (unpaired) electrons. The van der Waals surface area contributed by atoms with E-state index < -0.39 is 0 Å². The molecule has 0 fully saturated rings. The largest absolute Gasteiger partial charge is 0.316 e. The van der Waals surface area contributed by atoms with Crippen molar-refractivity contribution in [1.29, 1.82) is 0 Å². The molecule has 0 aliphatic rings. The van der Waals surface area contributed by atoms with E-state index in [-0.39, 0.29) is 0 Å². The number of rotatable bonds is 8. The van der Waals surface area contributed by atoms with Crippen molar-refractivity contribution in [1.82, 2.24) is 25.2 Å². The Bertz CT molecular complexity index is 703. The van der Waals surface area contributed by atoms with Crippen LogP contribution in [0.15, 0.2) is 67.1 Å². The molecule has 0 amide bonds. The van der Waals surface area contributed by atoms with Crippen molar-refractivity contribution in [3.8, 4) is 0 Å². The molecule has 5 nitrogen and oxygen atoms in total. The first-order chi connectivity index (χ1) is 12.3. The number of nitrogens with zero attached hydrogens (tertiary/aromatic N) is 4.